The Balaban J connectivity index is 1.48. The summed E-state index contributed by atoms with van der Waals surface area (Å²) >= 11 is 0. The highest BCUT2D eigenvalue weighted by Gasteiger charge is 2.17. The van der Waals surface area contributed by atoms with Crippen molar-refractivity contribution in [3.8, 4) is 0 Å². The second-order valence-corrected chi connectivity index (χ2v) is 6.31. The van der Waals surface area contributed by atoms with Gasteiger partial charge in [0.1, 0.15) is 12.7 Å². The average molecular weight is 375 g/mol. The Morgan fingerprint density at radius 2 is 1.96 bits per heavy atom. The standard InChI is InChI=1S/C20H17N5O3/c1-13(18-23-17-5-3-2-4-16(17)19(26)24-18)28-20(27)15-8-6-14(7-9-15)10-25-12-21-11-22-25/h2-9,11-13H,10H2,1H3,(H,23,24,26). The number of aromatic amines is 1. The van der Waals surface area contributed by atoms with Crippen LogP contribution in [0, 0.1) is 0 Å². The van der Waals surface area contributed by atoms with E-state index in [0.717, 1.165) is 5.56 Å². The molecule has 8 nitrogen and oxygen atoms in total. The number of nitrogens with zero attached hydrogens (tertiary/aromatic N) is 4. The van der Waals surface area contributed by atoms with Gasteiger partial charge in [-0.25, -0.2) is 19.4 Å². The summed E-state index contributed by atoms with van der Waals surface area (Å²) in [6.07, 6.45) is 2.40. The maximum Gasteiger partial charge on any atom is 0.338 e. The summed E-state index contributed by atoms with van der Waals surface area (Å²) in [7, 11) is 0. The van der Waals surface area contributed by atoms with Gasteiger partial charge in [-0.05, 0) is 36.8 Å². The molecular weight excluding hydrogens is 358 g/mol. The molecule has 0 amide bonds. The van der Waals surface area contributed by atoms with Gasteiger partial charge in [0.25, 0.3) is 5.56 Å². The summed E-state index contributed by atoms with van der Waals surface area (Å²) in [4.78, 5) is 35.6. The van der Waals surface area contributed by atoms with Crippen LogP contribution in [0.4, 0.5) is 0 Å². The van der Waals surface area contributed by atoms with Crippen LogP contribution in [0.5, 0.6) is 0 Å². The minimum atomic E-state index is -0.695. The molecule has 1 atom stereocenters. The smallest absolute Gasteiger partial charge is 0.338 e. The van der Waals surface area contributed by atoms with Gasteiger partial charge >= 0.3 is 5.97 Å². The van der Waals surface area contributed by atoms with Gasteiger partial charge < -0.3 is 9.72 Å². The summed E-state index contributed by atoms with van der Waals surface area (Å²) in [5.74, 6) is -0.185. The highest BCUT2D eigenvalue weighted by atomic mass is 16.5. The molecular formula is C20H17N5O3. The van der Waals surface area contributed by atoms with Crippen LogP contribution in [0.1, 0.15) is 34.8 Å². The molecule has 0 aliphatic carbocycles. The number of rotatable bonds is 5. The van der Waals surface area contributed by atoms with E-state index < -0.39 is 12.1 Å². The molecule has 0 aliphatic rings. The Hall–Kier alpha value is -3.81. The van der Waals surface area contributed by atoms with Crippen molar-refractivity contribution >= 4 is 16.9 Å². The second-order valence-electron chi connectivity index (χ2n) is 6.31. The van der Waals surface area contributed by atoms with Crippen LogP contribution >= 0.6 is 0 Å². The Morgan fingerprint density at radius 1 is 1.18 bits per heavy atom. The number of H-pyrrole nitrogens is 1. The van der Waals surface area contributed by atoms with E-state index in [2.05, 4.69) is 20.1 Å². The lowest BCUT2D eigenvalue weighted by Gasteiger charge is -2.13. The summed E-state index contributed by atoms with van der Waals surface area (Å²) < 4.78 is 7.16. The largest absolute Gasteiger partial charge is 0.451 e. The lowest BCUT2D eigenvalue weighted by atomic mass is 10.1. The van der Waals surface area contributed by atoms with Gasteiger partial charge in [0, 0.05) is 0 Å². The van der Waals surface area contributed by atoms with Crippen LogP contribution in [0.25, 0.3) is 10.9 Å². The molecule has 1 unspecified atom stereocenters. The van der Waals surface area contributed by atoms with E-state index in [0.29, 0.717) is 28.8 Å². The Bertz CT molecular complexity index is 1170. The number of esters is 1. The maximum atomic E-state index is 12.4. The molecule has 0 spiro atoms. The molecule has 0 bridgehead atoms. The zero-order chi connectivity index (χ0) is 19.5. The SMILES string of the molecule is CC(OC(=O)c1ccc(Cn2cncn2)cc1)c1nc2ccccc2c(=O)[nH]1. The molecule has 0 saturated carbocycles. The molecule has 4 aromatic rings. The lowest BCUT2D eigenvalue weighted by Crippen LogP contribution is -2.17. The topological polar surface area (TPSA) is 103 Å². The zero-order valence-electron chi connectivity index (χ0n) is 15.1. The number of nitrogens with one attached hydrogen (secondary N) is 1. The van der Waals surface area contributed by atoms with Crippen molar-refractivity contribution in [1.29, 1.82) is 0 Å². The number of carbonyl (C=O) groups excluding carboxylic acids is 1. The summed E-state index contributed by atoms with van der Waals surface area (Å²) in [5.41, 5.74) is 1.69. The van der Waals surface area contributed by atoms with Crippen molar-refractivity contribution < 1.29 is 9.53 Å². The van der Waals surface area contributed by atoms with Crippen LogP contribution in [-0.2, 0) is 11.3 Å². The second kappa shape index (κ2) is 7.43. The quantitative estimate of drug-likeness (QED) is 0.538. The first-order valence-electron chi connectivity index (χ1n) is 8.71. The van der Waals surface area contributed by atoms with Gasteiger partial charge in [-0.1, -0.05) is 24.3 Å². The molecule has 1 N–H and O–H groups in total. The summed E-state index contributed by atoms with van der Waals surface area (Å²) in [6.45, 7) is 2.23. The van der Waals surface area contributed by atoms with Crippen molar-refractivity contribution in [3.05, 3.63) is 88.5 Å². The first-order valence-corrected chi connectivity index (χ1v) is 8.71. The van der Waals surface area contributed by atoms with Gasteiger partial charge in [0.15, 0.2) is 11.9 Å². The zero-order valence-corrected chi connectivity index (χ0v) is 15.1. The van der Waals surface area contributed by atoms with Crippen LogP contribution in [-0.4, -0.2) is 30.7 Å². The molecule has 140 valence electrons. The molecule has 0 fully saturated rings. The number of hydrogen-bond acceptors (Lipinski definition) is 6. The van der Waals surface area contributed by atoms with Crippen molar-refractivity contribution in [2.24, 2.45) is 0 Å². The highest BCUT2D eigenvalue weighted by molar-refractivity contribution is 5.89. The minimum absolute atomic E-state index is 0.263. The fourth-order valence-corrected chi connectivity index (χ4v) is 2.83. The summed E-state index contributed by atoms with van der Waals surface area (Å²) in [5, 5.41) is 4.54. The van der Waals surface area contributed by atoms with Crippen molar-refractivity contribution in [3.63, 3.8) is 0 Å². The van der Waals surface area contributed by atoms with Crippen LogP contribution in [0.3, 0.4) is 0 Å². The number of para-hydroxylation sites is 1. The van der Waals surface area contributed by atoms with Crippen molar-refractivity contribution in [2.45, 2.75) is 19.6 Å². The fraction of sp³-hybridized carbons (Fsp3) is 0.150. The highest BCUT2D eigenvalue weighted by Crippen LogP contribution is 2.17. The first kappa shape index (κ1) is 17.6. The molecule has 2 aromatic heterocycles. The van der Waals surface area contributed by atoms with E-state index in [1.54, 1.807) is 54.3 Å². The molecule has 0 aliphatic heterocycles. The number of fused-ring (bicyclic) bond motifs is 1. The molecule has 28 heavy (non-hydrogen) atoms. The monoisotopic (exact) mass is 375 g/mol. The number of aromatic nitrogens is 5. The van der Waals surface area contributed by atoms with E-state index >= 15 is 0 Å². The fourth-order valence-electron chi connectivity index (χ4n) is 2.83. The number of benzene rings is 2. The van der Waals surface area contributed by atoms with Crippen LogP contribution < -0.4 is 5.56 Å². The molecule has 2 heterocycles. The predicted octanol–water partition coefficient (Wildman–Crippen LogP) is 2.48. The molecule has 0 saturated heterocycles. The van der Waals surface area contributed by atoms with Gasteiger partial charge in [-0.2, -0.15) is 5.10 Å². The third kappa shape index (κ3) is 3.66. The van der Waals surface area contributed by atoms with E-state index in [9.17, 15) is 9.59 Å². The van der Waals surface area contributed by atoms with Gasteiger partial charge in [-0.3, -0.25) is 4.79 Å². The third-order valence-corrected chi connectivity index (χ3v) is 4.30. The third-order valence-electron chi connectivity index (χ3n) is 4.30. The maximum absolute atomic E-state index is 12.4. The Labute approximate surface area is 159 Å². The predicted molar refractivity (Wildman–Crippen MR) is 102 cm³/mol. The van der Waals surface area contributed by atoms with Crippen molar-refractivity contribution in [2.75, 3.05) is 0 Å². The molecule has 8 heteroatoms. The normalized spacial score (nSPS) is 12.0. The number of carbonyl (C=O) groups is 1. The van der Waals surface area contributed by atoms with E-state index in [-0.39, 0.29) is 5.56 Å². The van der Waals surface area contributed by atoms with E-state index in [4.69, 9.17) is 4.74 Å². The number of hydrogen-bond donors (Lipinski definition) is 1. The van der Waals surface area contributed by atoms with E-state index in [1.807, 2.05) is 12.1 Å². The molecule has 0 radical (unpaired) electrons. The number of ether oxygens (including phenoxy) is 1. The Morgan fingerprint density at radius 3 is 2.71 bits per heavy atom. The first-order chi connectivity index (χ1) is 13.6. The minimum Gasteiger partial charge on any atom is -0.451 e. The van der Waals surface area contributed by atoms with Gasteiger partial charge in [0.05, 0.1) is 23.0 Å². The van der Waals surface area contributed by atoms with E-state index in [1.165, 1.54) is 6.33 Å². The average Bonchev–Trinajstić information content (AvgIpc) is 3.21. The van der Waals surface area contributed by atoms with Crippen LogP contribution in [0.15, 0.2) is 66.0 Å². The Kier molecular flexibility index (Phi) is 4.67. The molecule has 4 rings (SSSR count). The van der Waals surface area contributed by atoms with Gasteiger partial charge in [0.2, 0.25) is 0 Å². The van der Waals surface area contributed by atoms with Crippen LogP contribution in [0.2, 0.25) is 0 Å². The van der Waals surface area contributed by atoms with Crippen molar-refractivity contribution in [1.82, 2.24) is 24.7 Å². The lowest BCUT2D eigenvalue weighted by molar-refractivity contribution is 0.0320. The van der Waals surface area contributed by atoms with Gasteiger partial charge in [-0.15, -0.1) is 0 Å². The summed E-state index contributed by atoms with van der Waals surface area (Å²) in [6, 6.07) is 14.1. The molecule has 2 aromatic carbocycles.